The van der Waals surface area contributed by atoms with E-state index in [1.165, 1.54) is 23.9 Å². The number of thiocarbonyl (C=S) groups is 1. The van der Waals surface area contributed by atoms with Crippen LogP contribution < -0.4 is 11.4 Å². The average molecular weight is 448 g/mol. The molecule has 1 atom stereocenters. The summed E-state index contributed by atoms with van der Waals surface area (Å²) in [6, 6.07) is 4.53. The highest BCUT2D eigenvalue weighted by molar-refractivity contribution is 8.24. The lowest BCUT2D eigenvalue weighted by Gasteiger charge is -2.31. The second kappa shape index (κ2) is 7.31. The van der Waals surface area contributed by atoms with Crippen LogP contribution in [0.2, 0.25) is 10.0 Å². The number of benzene rings is 1. The first-order valence-corrected chi connectivity index (χ1v) is 10.3. The summed E-state index contributed by atoms with van der Waals surface area (Å²) in [5, 5.41) is 0.576. The quantitative estimate of drug-likeness (QED) is 0.655. The molecular weight excluding hydrogens is 429 g/mol. The molecule has 1 aliphatic rings. The number of aromatic nitrogens is 2. The van der Waals surface area contributed by atoms with E-state index in [-0.39, 0.29) is 5.02 Å². The summed E-state index contributed by atoms with van der Waals surface area (Å²) in [6.45, 7) is 8.72. The monoisotopic (exact) mass is 447 g/mol. The van der Waals surface area contributed by atoms with Crippen molar-refractivity contribution in [2.75, 3.05) is 6.54 Å². The predicted octanol–water partition coefficient (Wildman–Crippen LogP) is 4.17. The Kier molecular flexibility index (Phi) is 5.55. The highest BCUT2D eigenvalue weighted by atomic mass is 35.5. The fourth-order valence-corrected chi connectivity index (χ4v) is 5.30. The van der Waals surface area contributed by atoms with E-state index in [1.54, 1.807) is 6.07 Å². The first-order valence-electron chi connectivity index (χ1n) is 8.33. The summed E-state index contributed by atoms with van der Waals surface area (Å²) < 4.78 is 7.65. The molecule has 0 unspecified atom stereocenters. The third-order valence-corrected chi connectivity index (χ3v) is 6.56. The molecule has 0 saturated carbocycles. The van der Waals surface area contributed by atoms with Gasteiger partial charge in [0, 0.05) is 6.54 Å². The molecule has 2 heterocycles. The number of rotatable bonds is 4. The van der Waals surface area contributed by atoms with E-state index in [4.69, 9.17) is 39.9 Å². The normalized spacial score (nSPS) is 19.3. The van der Waals surface area contributed by atoms with E-state index in [2.05, 4.69) is 13.8 Å². The molecule has 0 radical (unpaired) electrons. The first-order chi connectivity index (χ1) is 12.5. The number of nitrogens with zero attached hydrogens (tertiary/aromatic N) is 3. The summed E-state index contributed by atoms with van der Waals surface area (Å²) in [6.07, 6.45) is -0.512. The van der Waals surface area contributed by atoms with Gasteiger partial charge in [-0.25, -0.2) is 9.59 Å². The van der Waals surface area contributed by atoms with Gasteiger partial charge in [-0.15, -0.1) is 4.74 Å². The Bertz CT molecular complexity index is 1010. The van der Waals surface area contributed by atoms with Crippen molar-refractivity contribution < 1.29 is 4.52 Å². The first kappa shape index (κ1) is 20.5. The summed E-state index contributed by atoms with van der Waals surface area (Å²) in [5.41, 5.74) is -0.293. The van der Waals surface area contributed by atoms with E-state index < -0.39 is 22.4 Å². The van der Waals surface area contributed by atoms with Crippen molar-refractivity contribution in [1.29, 1.82) is 0 Å². The van der Waals surface area contributed by atoms with E-state index in [0.29, 0.717) is 27.5 Å². The summed E-state index contributed by atoms with van der Waals surface area (Å²) >= 11 is 19.0. The highest BCUT2D eigenvalue weighted by Crippen LogP contribution is 2.47. The zero-order valence-corrected chi connectivity index (χ0v) is 18.4. The van der Waals surface area contributed by atoms with Crippen LogP contribution >= 0.6 is 47.2 Å². The maximum atomic E-state index is 13.1. The van der Waals surface area contributed by atoms with Crippen LogP contribution in [0.3, 0.4) is 0 Å². The molecule has 146 valence electrons. The van der Waals surface area contributed by atoms with E-state index in [9.17, 15) is 9.59 Å². The van der Waals surface area contributed by atoms with Crippen molar-refractivity contribution >= 4 is 51.5 Å². The average Bonchev–Trinajstić information content (AvgIpc) is 2.94. The Hall–Kier alpha value is -1.22. The Morgan fingerprint density at radius 1 is 1.26 bits per heavy atom. The van der Waals surface area contributed by atoms with Gasteiger partial charge in [-0.1, -0.05) is 61.0 Å². The van der Waals surface area contributed by atoms with Crippen LogP contribution in [0.15, 0.2) is 32.3 Å². The van der Waals surface area contributed by atoms with Gasteiger partial charge in [-0.3, -0.25) is 0 Å². The van der Waals surface area contributed by atoms with E-state index >= 15 is 0 Å². The zero-order valence-electron chi connectivity index (χ0n) is 15.2. The zero-order chi connectivity index (χ0) is 20.1. The largest absolute Gasteiger partial charge is 0.447 e. The molecule has 6 nitrogen and oxygen atoms in total. The molecule has 1 fully saturated rings. The summed E-state index contributed by atoms with van der Waals surface area (Å²) in [7, 11) is 0. The molecule has 0 bridgehead atoms. The lowest BCUT2D eigenvalue weighted by Crippen LogP contribution is -2.43. The Morgan fingerprint density at radius 2 is 1.93 bits per heavy atom. The van der Waals surface area contributed by atoms with Gasteiger partial charge in [-0.05, 0) is 38.0 Å². The van der Waals surface area contributed by atoms with Crippen molar-refractivity contribution in [3.8, 4) is 5.69 Å². The molecule has 0 amide bonds. The van der Waals surface area contributed by atoms with E-state index in [1.807, 2.05) is 18.7 Å². The van der Waals surface area contributed by atoms with Crippen LogP contribution in [0.5, 0.6) is 0 Å². The minimum absolute atomic E-state index is 0.243. The SMILES string of the molecule is CC(C)CN1C(=S)SC(C)(C)[C@@H]1n1oc(=O)n(-c2ccc(Cl)c(Cl)c2)c1=O. The van der Waals surface area contributed by atoms with Crippen LogP contribution in [-0.2, 0) is 0 Å². The smallest absolute Gasteiger partial charge is 0.333 e. The topological polar surface area (TPSA) is 60.4 Å². The maximum Gasteiger partial charge on any atom is 0.447 e. The Balaban J connectivity index is 2.15. The second-order valence-electron chi connectivity index (χ2n) is 7.29. The van der Waals surface area contributed by atoms with Crippen molar-refractivity contribution in [2.45, 2.75) is 38.6 Å². The lowest BCUT2D eigenvalue weighted by atomic mass is 10.1. The van der Waals surface area contributed by atoms with Crippen LogP contribution in [0, 0.1) is 5.92 Å². The fraction of sp³-hybridized carbons (Fsp3) is 0.471. The maximum absolute atomic E-state index is 13.1. The number of halogens is 2. The lowest BCUT2D eigenvalue weighted by molar-refractivity contribution is 0.0842. The highest BCUT2D eigenvalue weighted by Gasteiger charge is 2.48. The standard InChI is InChI=1S/C17H19Cl2N3O3S2/c1-9(2)8-20-13(17(3,4)27-16(20)26)22-14(23)21(15(24)25-22)10-5-6-11(18)12(19)7-10/h5-7,9,13H,8H2,1-4H3/t13-/m0/s1. The minimum atomic E-state index is -0.790. The number of thioether (sulfide) groups is 1. The van der Waals surface area contributed by atoms with Crippen LogP contribution in [0.1, 0.15) is 33.9 Å². The fourth-order valence-electron chi connectivity index (χ4n) is 3.12. The minimum Gasteiger partial charge on any atom is -0.333 e. The third-order valence-electron chi connectivity index (χ3n) is 4.19. The molecule has 10 heteroatoms. The van der Waals surface area contributed by atoms with Gasteiger partial charge in [0.1, 0.15) is 4.32 Å². The van der Waals surface area contributed by atoms with Gasteiger partial charge in [0.25, 0.3) is 0 Å². The van der Waals surface area contributed by atoms with Crippen LogP contribution in [0.25, 0.3) is 5.69 Å². The van der Waals surface area contributed by atoms with Crippen molar-refractivity contribution in [1.82, 2.24) is 14.2 Å². The van der Waals surface area contributed by atoms with Crippen molar-refractivity contribution in [3.63, 3.8) is 0 Å². The second-order valence-corrected chi connectivity index (χ2v) is 10.4. The van der Waals surface area contributed by atoms with Crippen molar-refractivity contribution in [2.24, 2.45) is 5.92 Å². The van der Waals surface area contributed by atoms with Crippen LogP contribution in [-0.4, -0.2) is 29.8 Å². The molecular formula is C17H19Cl2N3O3S2. The molecule has 3 rings (SSSR count). The summed E-state index contributed by atoms with van der Waals surface area (Å²) in [4.78, 5) is 27.5. The van der Waals surface area contributed by atoms with Gasteiger partial charge in [0.2, 0.25) is 0 Å². The molecule has 2 aromatic rings. The molecule has 1 aromatic heterocycles. The van der Waals surface area contributed by atoms with Crippen LogP contribution in [0.4, 0.5) is 0 Å². The number of hydrogen-bond acceptors (Lipinski definition) is 5. The molecule has 27 heavy (non-hydrogen) atoms. The molecule has 1 aromatic carbocycles. The molecule has 0 aliphatic carbocycles. The summed E-state index contributed by atoms with van der Waals surface area (Å²) in [5.74, 6) is -0.471. The Labute approximate surface area is 176 Å². The van der Waals surface area contributed by atoms with Gasteiger partial charge in [-0.2, -0.15) is 4.57 Å². The van der Waals surface area contributed by atoms with Gasteiger partial charge in [0.05, 0.1) is 20.5 Å². The Morgan fingerprint density at radius 3 is 2.52 bits per heavy atom. The third kappa shape index (κ3) is 3.72. The van der Waals surface area contributed by atoms with Gasteiger partial charge < -0.3 is 9.42 Å². The molecule has 1 aliphatic heterocycles. The van der Waals surface area contributed by atoms with E-state index in [0.717, 1.165) is 9.31 Å². The van der Waals surface area contributed by atoms with Gasteiger partial charge >= 0.3 is 11.4 Å². The molecule has 0 spiro atoms. The number of hydrogen-bond donors (Lipinski definition) is 0. The van der Waals surface area contributed by atoms with Gasteiger partial charge in [0.15, 0.2) is 6.17 Å². The van der Waals surface area contributed by atoms with Crippen molar-refractivity contribution in [3.05, 3.63) is 49.3 Å². The molecule has 0 N–H and O–H groups in total. The molecule has 1 saturated heterocycles. The predicted molar refractivity (Wildman–Crippen MR) is 113 cm³/mol.